The number of aromatic nitrogens is 3. The topological polar surface area (TPSA) is 115 Å². The number of likely N-dealkylation sites (N-methyl/N-ethyl adjacent to an activating group) is 1. The van der Waals surface area contributed by atoms with Crippen LogP contribution >= 0.6 is 15.9 Å². The molecule has 3 aliphatic heterocycles. The Bertz CT molecular complexity index is 1710. The Morgan fingerprint density at radius 3 is 2.55 bits per heavy atom. The van der Waals surface area contributed by atoms with Gasteiger partial charge in [-0.2, -0.15) is 9.97 Å². The maximum atomic E-state index is 16.6. The second-order valence-corrected chi connectivity index (χ2v) is 12.2. The van der Waals surface area contributed by atoms with Gasteiger partial charge in [-0.15, -0.1) is 0 Å². The molecule has 3 fully saturated rings. The summed E-state index contributed by atoms with van der Waals surface area (Å²) in [6.45, 7) is 2.25. The Hall–Kier alpha value is -3.77. The first-order valence-electron chi connectivity index (χ1n) is 14.2. The molecule has 3 saturated heterocycles. The van der Waals surface area contributed by atoms with Crippen LogP contribution in [0, 0.1) is 5.82 Å². The van der Waals surface area contributed by atoms with Gasteiger partial charge < -0.3 is 24.7 Å². The number of hydrogen-bond acceptors (Lipinski definition) is 8. The van der Waals surface area contributed by atoms with Crippen molar-refractivity contribution in [3.05, 3.63) is 46.8 Å². The fraction of sp³-hybridized carbons (Fsp3) is 0.400. The van der Waals surface area contributed by atoms with Crippen LogP contribution in [-0.2, 0) is 0 Å². The number of halogens is 2. The third-order valence-corrected chi connectivity index (χ3v) is 9.77. The van der Waals surface area contributed by atoms with Gasteiger partial charge in [0.1, 0.15) is 29.4 Å². The van der Waals surface area contributed by atoms with Crippen LogP contribution in [0.25, 0.3) is 32.9 Å². The average Bonchev–Trinajstić information content (AvgIpc) is 3.52. The number of anilines is 1. The van der Waals surface area contributed by atoms with Crippen molar-refractivity contribution < 1.29 is 24.1 Å². The number of likely N-dealkylation sites (tertiary alicyclic amines) is 1. The highest BCUT2D eigenvalue weighted by molar-refractivity contribution is 9.10. The molecule has 0 spiro atoms. The van der Waals surface area contributed by atoms with Crippen LogP contribution < -0.4 is 9.64 Å². The summed E-state index contributed by atoms with van der Waals surface area (Å²) in [5.41, 5.74) is 0.566. The van der Waals surface area contributed by atoms with Crippen molar-refractivity contribution in [2.24, 2.45) is 0 Å². The van der Waals surface area contributed by atoms with E-state index in [0.29, 0.717) is 40.9 Å². The van der Waals surface area contributed by atoms with Crippen molar-refractivity contribution in [1.82, 2.24) is 24.8 Å². The van der Waals surface area contributed by atoms with Crippen LogP contribution in [-0.4, -0.2) is 92.5 Å². The van der Waals surface area contributed by atoms with Crippen molar-refractivity contribution >= 4 is 49.5 Å². The molecule has 42 heavy (non-hydrogen) atoms. The highest BCUT2D eigenvalue weighted by atomic mass is 79.9. The Morgan fingerprint density at radius 1 is 1.12 bits per heavy atom. The summed E-state index contributed by atoms with van der Waals surface area (Å²) >= 11 is 3.44. The molecular weight excluding hydrogens is 607 g/mol. The quantitative estimate of drug-likeness (QED) is 0.303. The Kier molecular flexibility index (Phi) is 6.77. The van der Waals surface area contributed by atoms with E-state index in [1.165, 1.54) is 11.0 Å². The molecule has 0 saturated carbocycles. The fourth-order valence-electron chi connectivity index (χ4n) is 6.79. The minimum Gasteiger partial charge on any atom is -0.507 e. The molecule has 3 aliphatic rings. The zero-order valence-corrected chi connectivity index (χ0v) is 24.6. The van der Waals surface area contributed by atoms with E-state index in [2.05, 4.69) is 37.8 Å². The first-order valence-corrected chi connectivity index (χ1v) is 15.0. The molecule has 12 heteroatoms. The van der Waals surface area contributed by atoms with E-state index in [4.69, 9.17) is 9.72 Å². The number of rotatable bonds is 5. The maximum absolute atomic E-state index is 16.6. The van der Waals surface area contributed by atoms with Crippen LogP contribution in [0.3, 0.4) is 0 Å². The predicted molar refractivity (Wildman–Crippen MR) is 160 cm³/mol. The van der Waals surface area contributed by atoms with E-state index >= 15 is 4.39 Å². The molecule has 0 aliphatic carbocycles. The smallest absolute Gasteiger partial charge is 0.407 e. The number of hydrogen-bond donors (Lipinski definition) is 2. The lowest BCUT2D eigenvalue weighted by Crippen LogP contribution is -2.55. The van der Waals surface area contributed by atoms with Crippen LogP contribution in [0.4, 0.5) is 15.0 Å². The van der Waals surface area contributed by atoms with Gasteiger partial charge in [0, 0.05) is 36.3 Å². The first kappa shape index (κ1) is 27.1. The lowest BCUT2D eigenvalue weighted by atomic mass is 10.00. The van der Waals surface area contributed by atoms with E-state index in [1.54, 1.807) is 6.20 Å². The summed E-state index contributed by atoms with van der Waals surface area (Å²) in [6.07, 6.45) is 4.27. The van der Waals surface area contributed by atoms with Gasteiger partial charge in [0.25, 0.3) is 0 Å². The molecule has 1 unspecified atom stereocenters. The summed E-state index contributed by atoms with van der Waals surface area (Å²) < 4.78 is 23.2. The Balaban J connectivity index is 1.35. The van der Waals surface area contributed by atoms with Gasteiger partial charge in [-0.05, 0) is 66.7 Å². The van der Waals surface area contributed by atoms with Gasteiger partial charge in [-0.3, -0.25) is 9.88 Å². The molecule has 1 amide bonds. The number of carboxylic acid groups (broad SMARTS) is 1. The number of nitrogens with zero attached hydrogens (tertiary/aromatic N) is 6. The van der Waals surface area contributed by atoms with E-state index in [0.717, 1.165) is 43.0 Å². The number of amides is 1. The van der Waals surface area contributed by atoms with E-state index in [-0.39, 0.29) is 41.1 Å². The van der Waals surface area contributed by atoms with Gasteiger partial charge in [0.05, 0.1) is 21.9 Å². The Labute approximate surface area is 249 Å². The average molecular weight is 638 g/mol. The van der Waals surface area contributed by atoms with Crippen molar-refractivity contribution in [3.8, 4) is 23.0 Å². The van der Waals surface area contributed by atoms with Crippen LogP contribution in [0.5, 0.6) is 11.8 Å². The zero-order chi connectivity index (χ0) is 29.1. The standard InChI is InChI=1S/C30H30BrFN6O4/c1-36-10-4-5-18(36)15-42-29-34-27-22(28(35-29)37-13-16-8-9-17(14-37)38(16)30(40)41)12-33-26(25(27)32)21-11-23(39)24(31)20-7-3-2-6-19(20)21/h2-3,6-7,11-12,16-18,39H,4-5,8-10,13-15H2,1H3,(H,40,41)/t16-,17+,18?. The number of carbonyl (C=O) groups is 1. The molecule has 2 aromatic heterocycles. The fourth-order valence-corrected chi connectivity index (χ4v) is 7.25. The first-order chi connectivity index (χ1) is 20.3. The molecule has 2 aromatic carbocycles. The summed E-state index contributed by atoms with van der Waals surface area (Å²) in [5.74, 6) is -0.180. The molecule has 2 bridgehead atoms. The van der Waals surface area contributed by atoms with Gasteiger partial charge in [0.15, 0.2) is 5.82 Å². The Morgan fingerprint density at radius 2 is 1.86 bits per heavy atom. The summed E-state index contributed by atoms with van der Waals surface area (Å²) in [4.78, 5) is 31.5. The van der Waals surface area contributed by atoms with Gasteiger partial charge in [0.2, 0.25) is 0 Å². The van der Waals surface area contributed by atoms with E-state index in [9.17, 15) is 15.0 Å². The number of piperazine rings is 1. The van der Waals surface area contributed by atoms with Crippen molar-refractivity contribution in [1.29, 1.82) is 0 Å². The number of aromatic hydroxyl groups is 1. The summed E-state index contributed by atoms with van der Waals surface area (Å²) in [5, 5.41) is 22.3. The van der Waals surface area contributed by atoms with Crippen molar-refractivity contribution in [3.63, 3.8) is 0 Å². The number of fused-ring (bicyclic) bond motifs is 4. The van der Waals surface area contributed by atoms with Crippen molar-refractivity contribution in [2.75, 3.05) is 38.2 Å². The van der Waals surface area contributed by atoms with Crippen molar-refractivity contribution in [2.45, 2.75) is 43.8 Å². The molecule has 5 heterocycles. The molecule has 10 nitrogen and oxygen atoms in total. The van der Waals surface area contributed by atoms with Gasteiger partial charge in [-0.1, -0.05) is 24.3 Å². The molecule has 0 radical (unpaired) electrons. The highest BCUT2D eigenvalue weighted by Crippen LogP contribution is 2.42. The van der Waals surface area contributed by atoms with Gasteiger partial charge >= 0.3 is 12.1 Å². The normalized spacial score (nSPS) is 22.4. The highest BCUT2D eigenvalue weighted by Gasteiger charge is 2.43. The number of pyridine rings is 1. The monoisotopic (exact) mass is 636 g/mol. The third-order valence-electron chi connectivity index (χ3n) is 8.94. The molecule has 3 atom stereocenters. The van der Waals surface area contributed by atoms with E-state index < -0.39 is 11.9 Å². The van der Waals surface area contributed by atoms with E-state index in [1.807, 2.05) is 29.2 Å². The number of benzene rings is 2. The number of phenols is 1. The lowest BCUT2D eigenvalue weighted by molar-refractivity contribution is 0.114. The zero-order valence-electron chi connectivity index (χ0n) is 23.0. The van der Waals surface area contributed by atoms with Crippen LogP contribution in [0.2, 0.25) is 0 Å². The summed E-state index contributed by atoms with van der Waals surface area (Å²) in [6, 6.07) is 8.86. The molecule has 218 valence electrons. The predicted octanol–water partition coefficient (Wildman–Crippen LogP) is 5.26. The number of ether oxygens (including phenoxy) is 1. The molecule has 2 N–H and O–H groups in total. The lowest BCUT2D eigenvalue weighted by Gasteiger charge is -2.40. The largest absolute Gasteiger partial charge is 0.507 e. The maximum Gasteiger partial charge on any atom is 0.407 e. The second kappa shape index (κ2) is 10.5. The minimum absolute atomic E-state index is 0.0233. The van der Waals surface area contributed by atoms with Gasteiger partial charge in [-0.25, -0.2) is 9.18 Å². The third kappa shape index (κ3) is 4.48. The van der Waals surface area contributed by atoms with Crippen LogP contribution in [0.15, 0.2) is 41.0 Å². The summed E-state index contributed by atoms with van der Waals surface area (Å²) in [7, 11) is 2.06. The molecular formula is C30H30BrFN6O4. The minimum atomic E-state index is -0.915. The second-order valence-electron chi connectivity index (χ2n) is 11.4. The molecule has 4 aromatic rings. The molecule has 7 rings (SSSR count). The number of phenolic OH excluding ortho intramolecular Hbond substituents is 1. The van der Waals surface area contributed by atoms with Crippen LogP contribution in [0.1, 0.15) is 25.7 Å². The SMILES string of the molecule is CN1CCCC1COc1nc(N2C[C@H]3CC[C@@H](C2)N3C(=O)O)c2cnc(-c3cc(O)c(Br)c4ccccc34)c(F)c2n1.